The summed E-state index contributed by atoms with van der Waals surface area (Å²) < 4.78 is 15.0. The molecule has 18 heavy (non-hydrogen) atoms. The van der Waals surface area contributed by atoms with Gasteiger partial charge in [-0.2, -0.15) is 0 Å². The summed E-state index contributed by atoms with van der Waals surface area (Å²) in [5, 5.41) is 3.36. The molecule has 0 radical (unpaired) electrons. The average Bonchev–Trinajstić information content (AvgIpc) is 2.87. The molecule has 0 aliphatic heterocycles. The summed E-state index contributed by atoms with van der Waals surface area (Å²) >= 11 is 0. The lowest BCUT2D eigenvalue weighted by Crippen LogP contribution is -2.19. The Morgan fingerprint density at radius 2 is 2.22 bits per heavy atom. The smallest absolute Gasteiger partial charge is 0.123 e. The first-order valence-electron chi connectivity index (χ1n) is 6.25. The molecule has 1 aromatic heterocycles. The summed E-state index contributed by atoms with van der Waals surface area (Å²) in [4.78, 5) is 3.99. The van der Waals surface area contributed by atoms with Gasteiger partial charge in [-0.25, -0.2) is 9.37 Å². The zero-order valence-corrected chi connectivity index (χ0v) is 10.3. The first-order valence-corrected chi connectivity index (χ1v) is 6.25. The van der Waals surface area contributed by atoms with Gasteiger partial charge in [-0.05, 0) is 43.6 Å². The van der Waals surface area contributed by atoms with Crippen LogP contribution >= 0.6 is 0 Å². The van der Waals surface area contributed by atoms with E-state index in [1.807, 2.05) is 18.6 Å². The molecule has 0 fully saturated rings. The van der Waals surface area contributed by atoms with Crippen LogP contribution in [0, 0.1) is 5.82 Å². The molecule has 0 saturated carbocycles. The van der Waals surface area contributed by atoms with E-state index in [0.717, 1.165) is 38.0 Å². The molecule has 3 nitrogen and oxygen atoms in total. The Morgan fingerprint density at radius 3 is 3.00 bits per heavy atom. The number of hydrogen-bond donors (Lipinski definition) is 1. The minimum atomic E-state index is -0.160. The van der Waals surface area contributed by atoms with E-state index in [0.29, 0.717) is 0 Å². The van der Waals surface area contributed by atoms with E-state index in [2.05, 4.69) is 14.9 Å². The van der Waals surface area contributed by atoms with E-state index in [-0.39, 0.29) is 5.82 Å². The maximum Gasteiger partial charge on any atom is 0.123 e. The largest absolute Gasteiger partial charge is 0.337 e. The number of benzene rings is 1. The van der Waals surface area contributed by atoms with Gasteiger partial charge in [-0.15, -0.1) is 0 Å². The Labute approximate surface area is 107 Å². The SMILES string of the molecule is Fc1cccc(CCNCCCn2ccnc2)c1. The summed E-state index contributed by atoms with van der Waals surface area (Å²) in [5.74, 6) is -0.160. The van der Waals surface area contributed by atoms with E-state index in [1.54, 1.807) is 18.3 Å². The third-order valence-corrected chi connectivity index (χ3v) is 2.81. The molecule has 0 aliphatic rings. The zero-order chi connectivity index (χ0) is 12.6. The van der Waals surface area contributed by atoms with Gasteiger partial charge in [0.05, 0.1) is 6.33 Å². The second kappa shape index (κ2) is 6.91. The molecular formula is C14H18FN3. The molecule has 4 heteroatoms. The molecule has 1 heterocycles. The highest BCUT2D eigenvalue weighted by atomic mass is 19.1. The molecule has 1 N–H and O–H groups in total. The highest BCUT2D eigenvalue weighted by Crippen LogP contribution is 2.03. The number of aromatic nitrogens is 2. The van der Waals surface area contributed by atoms with E-state index in [9.17, 15) is 4.39 Å². The quantitative estimate of drug-likeness (QED) is 0.760. The van der Waals surface area contributed by atoms with Gasteiger partial charge in [0.25, 0.3) is 0 Å². The number of aryl methyl sites for hydroxylation is 1. The monoisotopic (exact) mass is 247 g/mol. The number of imidazole rings is 1. The van der Waals surface area contributed by atoms with Crippen LogP contribution in [-0.2, 0) is 13.0 Å². The predicted octanol–water partition coefficient (Wildman–Crippen LogP) is 2.24. The van der Waals surface area contributed by atoms with Crippen molar-refractivity contribution in [2.24, 2.45) is 0 Å². The van der Waals surface area contributed by atoms with Gasteiger partial charge < -0.3 is 9.88 Å². The lowest BCUT2D eigenvalue weighted by atomic mass is 10.1. The van der Waals surface area contributed by atoms with Crippen molar-refractivity contribution in [2.45, 2.75) is 19.4 Å². The number of halogens is 1. The molecule has 0 atom stereocenters. The van der Waals surface area contributed by atoms with Crippen LogP contribution in [0.1, 0.15) is 12.0 Å². The van der Waals surface area contributed by atoms with Crippen molar-refractivity contribution in [3.63, 3.8) is 0 Å². The van der Waals surface area contributed by atoms with E-state index in [1.165, 1.54) is 6.07 Å². The molecule has 0 saturated heterocycles. The predicted molar refractivity (Wildman–Crippen MR) is 69.8 cm³/mol. The Kier molecular flexibility index (Phi) is 4.90. The van der Waals surface area contributed by atoms with Crippen molar-refractivity contribution in [2.75, 3.05) is 13.1 Å². The molecule has 96 valence electrons. The Hall–Kier alpha value is -1.68. The molecule has 2 aromatic rings. The number of rotatable bonds is 7. The van der Waals surface area contributed by atoms with Crippen LogP contribution in [-0.4, -0.2) is 22.6 Å². The van der Waals surface area contributed by atoms with Crippen LogP contribution in [0.4, 0.5) is 4.39 Å². The fourth-order valence-electron chi connectivity index (χ4n) is 1.86. The van der Waals surface area contributed by atoms with Crippen molar-refractivity contribution in [1.29, 1.82) is 0 Å². The molecule has 0 spiro atoms. The molecule has 2 rings (SSSR count). The summed E-state index contributed by atoms with van der Waals surface area (Å²) in [6.45, 7) is 2.83. The van der Waals surface area contributed by atoms with Gasteiger partial charge in [-0.1, -0.05) is 12.1 Å². The third-order valence-electron chi connectivity index (χ3n) is 2.81. The van der Waals surface area contributed by atoms with Crippen LogP contribution in [0.5, 0.6) is 0 Å². The normalized spacial score (nSPS) is 10.7. The van der Waals surface area contributed by atoms with Gasteiger partial charge >= 0.3 is 0 Å². The second-order valence-electron chi connectivity index (χ2n) is 4.28. The first kappa shape index (κ1) is 12.8. The Bertz CT molecular complexity index is 454. The number of nitrogens with zero attached hydrogens (tertiary/aromatic N) is 2. The lowest BCUT2D eigenvalue weighted by molar-refractivity contribution is 0.580. The van der Waals surface area contributed by atoms with Gasteiger partial charge in [0.2, 0.25) is 0 Å². The van der Waals surface area contributed by atoms with E-state index >= 15 is 0 Å². The molecule has 0 unspecified atom stereocenters. The van der Waals surface area contributed by atoms with Crippen molar-refractivity contribution in [3.05, 3.63) is 54.4 Å². The third kappa shape index (κ3) is 4.30. The molecule has 0 amide bonds. The number of hydrogen-bond acceptors (Lipinski definition) is 2. The highest BCUT2D eigenvalue weighted by molar-refractivity contribution is 5.16. The number of nitrogens with one attached hydrogen (secondary N) is 1. The standard InChI is InChI=1S/C14H18FN3/c15-14-4-1-3-13(11-14)5-7-16-6-2-9-18-10-8-17-12-18/h1,3-4,8,10-12,16H,2,5-7,9H2. The fraction of sp³-hybridized carbons (Fsp3) is 0.357. The molecular weight excluding hydrogens is 229 g/mol. The van der Waals surface area contributed by atoms with Crippen LogP contribution in [0.2, 0.25) is 0 Å². The first-order chi connectivity index (χ1) is 8.84. The van der Waals surface area contributed by atoms with Crippen molar-refractivity contribution in [3.8, 4) is 0 Å². The van der Waals surface area contributed by atoms with Crippen molar-refractivity contribution in [1.82, 2.24) is 14.9 Å². The van der Waals surface area contributed by atoms with Gasteiger partial charge in [0.15, 0.2) is 0 Å². The fourth-order valence-corrected chi connectivity index (χ4v) is 1.86. The summed E-state index contributed by atoms with van der Waals surface area (Å²) in [6.07, 6.45) is 7.51. The topological polar surface area (TPSA) is 29.9 Å². The van der Waals surface area contributed by atoms with Crippen LogP contribution in [0.3, 0.4) is 0 Å². The molecule has 0 aliphatic carbocycles. The van der Waals surface area contributed by atoms with Crippen molar-refractivity contribution < 1.29 is 4.39 Å². The Balaban J connectivity index is 1.56. The van der Waals surface area contributed by atoms with Gasteiger partial charge in [0, 0.05) is 18.9 Å². The van der Waals surface area contributed by atoms with Crippen LogP contribution < -0.4 is 5.32 Å². The van der Waals surface area contributed by atoms with Crippen LogP contribution in [0.25, 0.3) is 0 Å². The molecule has 0 bridgehead atoms. The molecule has 1 aromatic carbocycles. The van der Waals surface area contributed by atoms with Crippen molar-refractivity contribution >= 4 is 0 Å². The zero-order valence-electron chi connectivity index (χ0n) is 10.3. The maximum atomic E-state index is 12.9. The minimum absolute atomic E-state index is 0.160. The Morgan fingerprint density at radius 1 is 1.28 bits per heavy atom. The maximum absolute atomic E-state index is 12.9. The summed E-state index contributed by atoms with van der Waals surface area (Å²) in [6, 6.07) is 6.77. The minimum Gasteiger partial charge on any atom is -0.337 e. The van der Waals surface area contributed by atoms with Crippen LogP contribution in [0.15, 0.2) is 43.0 Å². The second-order valence-corrected chi connectivity index (χ2v) is 4.28. The summed E-state index contributed by atoms with van der Waals surface area (Å²) in [7, 11) is 0. The lowest BCUT2D eigenvalue weighted by Gasteiger charge is -2.05. The highest BCUT2D eigenvalue weighted by Gasteiger charge is 1.95. The average molecular weight is 247 g/mol. The summed E-state index contributed by atoms with van der Waals surface area (Å²) in [5.41, 5.74) is 1.04. The van der Waals surface area contributed by atoms with E-state index < -0.39 is 0 Å². The van der Waals surface area contributed by atoms with Gasteiger partial charge in [-0.3, -0.25) is 0 Å². The van der Waals surface area contributed by atoms with Gasteiger partial charge in [0.1, 0.15) is 5.82 Å². The van der Waals surface area contributed by atoms with E-state index in [4.69, 9.17) is 0 Å².